The molecule has 1 aromatic carbocycles. The predicted molar refractivity (Wildman–Crippen MR) is 116 cm³/mol. The van der Waals surface area contributed by atoms with Gasteiger partial charge in [-0.3, -0.25) is 4.90 Å². The number of nitriles is 1. The summed E-state index contributed by atoms with van der Waals surface area (Å²) >= 11 is 0. The van der Waals surface area contributed by atoms with E-state index in [1.54, 1.807) is 7.11 Å². The molecule has 1 N–H and O–H groups in total. The zero-order chi connectivity index (χ0) is 20.8. The van der Waals surface area contributed by atoms with Gasteiger partial charge in [0.2, 0.25) is 17.7 Å². The highest BCUT2D eigenvalue weighted by Gasteiger charge is 2.26. The number of hydrogen-bond donors (Lipinski definition) is 1. The van der Waals surface area contributed by atoms with Crippen LogP contribution in [0.25, 0.3) is 0 Å². The highest BCUT2D eigenvalue weighted by molar-refractivity contribution is 5.63. The van der Waals surface area contributed by atoms with Gasteiger partial charge in [0.25, 0.3) is 0 Å². The van der Waals surface area contributed by atoms with E-state index in [1.165, 1.54) is 38.5 Å². The van der Waals surface area contributed by atoms with E-state index in [2.05, 4.69) is 36.1 Å². The van der Waals surface area contributed by atoms with Crippen molar-refractivity contribution in [3.8, 4) is 11.8 Å². The SMILES string of the molecule is COc1ccccc1Nc1nc(C#N)nc(N2CCN(C3CCCCCC3)CC2)n1. The number of anilines is 3. The quantitative estimate of drug-likeness (QED) is 0.755. The smallest absolute Gasteiger partial charge is 0.238 e. The van der Waals surface area contributed by atoms with Crippen molar-refractivity contribution in [2.45, 2.75) is 44.6 Å². The highest BCUT2D eigenvalue weighted by atomic mass is 16.5. The van der Waals surface area contributed by atoms with E-state index in [1.807, 2.05) is 24.3 Å². The van der Waals surface area contributed by atoms with Crippen LogP contribution in [0, 0.1) is 11.3 Å². The molecule has 2 aliphatic rings. The number of methoxy groups -OCH3 is 1. The third kappa shape index (κ3) is 4.79. The molecule has 158 valence electrons. The Kier molecular flexibility index (Phi) is 6.60. The second-order valence-corrected chi connectivity index (χ2v) is 7.89. The molecule has 1 saturated heterocycles. The number of ether oxygens (including phenoxy) is 1. The number of benzene rings is 1. The van der Waals surface area contributed by atoms with Gasteiger partial charge in [-0.15, -0.1) is 0 Å². The van der Waals surface area contributed by atoms with E-state index >= 15 is 0 Å². The minimum absolute atomic E-state index is 0.114. The minimum atomic E-state index is 0.114. The molecular formula is C22H29N7O. The van der Waals surface area contributed by atoms with Crippen LogP contribution in [0.4, 0.5) is 17.6 Å². The van der Waals surface area contributed by atoms with Gasteiger partial charge < -0.3 is 15.0 Å². The molecule has 1 saturated carbocycles. The number of nitrogens with zero attached hydrogens (tertiary/aromatic N) is 6. The third-order valence-electron chi connectivity index (χ3n) is 6.02. The molecule has 1 aliphatic carbocycles. The highest BCUT2D eigenvalue weighted by Crippen LogP contribution is 2.27. The first-order valence-electron chi connectivity index (χ1n) is 10.8. The Morgan fingerprint density at radius 1 is 1.00 bits per heavy atom. The summed E-state index contributed by atoms with van der Waals surface area (Å²) in [4.78, 5) is 18.0. The predicted octanol–water partition coefficient (Wildman–Crippen LogP) is 3.34. The molecule has 30 heavy (non-hydrogen) atoms. The van der Waals surface area contributed by atoms with E-state index in [0.717, 1.165) is 31.9 Å². The second kappa shape index (κ2) is 9.72. The molecule has 4 rings (SSSR count). The fourth-order valence-corrected chi connectivity index (χ4v) is 4.39. The van der Waals surface area contributed by atoms with Gasteiger partial charge in [0.1, 0.15) is 11.8 Å². The molecular weight excluding hydrogens is 378 g/mol. The van der Waals surface area contributed by atoms with Crippen LogP contribution in [0.1, 0.15) is 44.3 Å². The summed E-state index contributed by atoms with van der Waals surface area (Å²) in [5, 5.41) is 12.6. The van der Waals surface area contributed by atoms with Crippen molar-refractivity contribution < 1.29 is 4.74 Å². The van der Waals surface area contributed by atoms with Crippen LogP contribution in [0.3, 0.4) is 0 Å². The van der Waals surface area contributed by atoms with E-state index in [4.69, 9.17) is 4.74 Å². The topological polar surface area (TPSA) is 90.2 Å². The number of piperazine rings is 1. The van der Waals surface area contributed by atoms with Crippen molar-refractivity contribution in [2.24, 2.45) is 0 Å². The molecule has 0 amide bonds. The molecule has 2 fully saturated rings. The number of aromatic nitrogens is 3. The van der Waals surface area contributed by atoms with Crippen molar-refractivity contribution >= 4 is 17.6 Å². The third-order valence-corrected chi connectivity index (χ3v) is 6.02. The summed E-state index contributed by atoms with van der Waals surface area (Å²) in [6.45, 7) is 3.74. The van der Waals surface area contributed by atoms with Crippen molar-refractivity contribution in [3.05, 3.63) is 30.1 Å². The Morgan fingerprint density at radius 3 is 2.43 bits per heavy atom. The summed E-state index contributed by atoms with van der Waals surface area (Å²) in [6, 6.07) is 10.3. The van der Waals surface area contributed by atoms with Gasteiger partial charge in [-0.05, 0) is 25.0 Å². The number of rotatable bonds is 5. The molecule has 1 aliphatic heterocycles. The van der Waals surface area contributed by atoms with E-state index in [9.17, 15) is 5.26 Å². The molecule has 2 aromatic rings. The molecule has 1 aromatic heterocycles. The molecule has 8 heteroatoms. The summed E-state index contributed by atoms with van der Waals surface area (Å²) < 4.78 is 5.38. The average molecular weight is 408 g/mol. The fourth-order valence-electron chi connectivity index (χ4n) is 4.39. The Labute approximate surface area is 177 Å². The normalized spacial score (nSPS) is 18.5. The molecule has 0 radical (unpaired) electrons. The number of hydrogen-bond acceptors (Lipinski definition) is 8. The first-order chi connectivity index (χ1) is 14.8. The lowest BCUT2D eigenvalue weighted by molar-refractivity contribution is 0.168. The van der Waals surface area contributed by atoms with E-state index < -0.39 is 0 Å². The molecule has 0 bridgehead atoms. The zero-order valence-corrected chi connectivity index (χ0v) is 17.5. The Morgan fingerprint density at radius 2 is 1.73 bits per heavy atom. The van der Waals surface area contributed by atoms with Crippen molar-refractivity contribution in [1.29, 1.82) is 5.26 Å². The van der Waals surface area contributed by atoms with Crippen LogP contribution >= 0.6 is 0 Å². The van der Waals surface area contributed by atoms with Gasteiger partial charge in [0.05, 0.1) is 12.8 Å². The monoisotopic (exact) mass is 407 g/mol. The van der Waals surface area contributed by atoms with E-state index in [-0.39, 0.29) is 5.82 Å². The maximum atomic E-state index is 9.41. The summed E-state index contributed by atoms with van der Waals surface area (Å²) in [6.07, 6.45) is 8.08. The summed E-state index contributed by atoms with van der Waals surface area (Å²) in [5.74, 6) is 1.71. The minimum Gasteiger partial charge on any atom is -0.495 e. The molecule has 8 nitrogen and oxygen atoms in total. The molecule has 0 unspecified atom stereocenters. The maximum Gasteiger partial charge on any atom is 0.238 e. The largest absolute Gasteiger partial charge is 0.495 e. The molecule has 0 atom stereocenters. The van der Waals surface area contributed by atoms with Gasteiger partial charge in [0.15, 0.2) is 0 Å². The first-order valence-corrected chi connectivity index (χ1v) is 10.8. The Balaban J connectivity index is 1.46. The van der Waals surface area contributed by atoms with Crippen LogP contribution in [0.2, 0.25) is 0 Å². The van der Waals surface area contributed by atoms with Crippen molar-refractivity contribution in [3.63, 3.8) is 0 Å². The van der Waals surface area contributed by atoms with Gasteiger partial charge in [-0.1, -0.05) is 37.8 Å². The van der Waals surface area contributed by atoms with Gasteiger partial charge >= 0.3 is 0 Å². The number of para-hydroxylation sites is 2. The standard InChI is InChI=1S/C22H29N7O/c1-30-19-11-7-6-10-18(19)24-21-25-20(16-23)26-22(27-21)29-14-12-28(13-15-29)17-8-4-2-3-5-9-17/h6-7,10-11,17H,2-5,8-9,12-15H2,1H3,(H,24,25,26,27). The lowest BCUT2D eigenvalue weighted by atomic mass is 10.1. The van der Waals surface area contributed by atoms with Crippen LogP contribution in [0.5, 0.6) is 5.75 Å². The Bertz CT molecular complexity index is 881. The van der Waals surface area contributed by atoms with Crippen molar-refractivity contribution in [2.75, 3.05) is 43.5 Å². The lowest BCUT2D eigenvalue weighted by Gasteiger charge is -2.39. The van der Waals surface area contributed by atoms with Crippen LogP contribution < -0.4 is 15.0 Å². The Hall–Kier alpha value is -2.92. The van der Waals surface area contributed by atoms with Crippen LogP contribution in [-0.2, 0) is 0 Å². The van der Waals surface area contributed by atoms with Gasteiger partial charge in [-0.2, -0.15) is 20.2 Å². The van der Waals surface area contributed by atoms with Gasteiger partial charge in [0, 0.05) is 32.2 Å². The lowest BCUT2D eigenvalue weighted by Crippen LogP contribution is -2.50. The average Bonchev–Trinajstić information content (AvgIpc) is 3.09. The molecule has 2 heterocycles. The summed E-state index contributed by atoms with van der Waals surface area (Å²) in [7, 11) is 1.62. The van der Waals surface area contributed by atoms with Gasteiger partial charge in [-0.25, -0.2) is 0 Å². The maximum absolute atomic E-state index is 9.41. The first kappa shape index (κ1) is 20.4. The summed E-state index contributed by atoms with van der Waals surface area (Å²) in [5.41, 5.74) is 0.749. The fraction of sp³-hybridized carbons (Fsp3) is 0.545. The second-order valence-electron chi connectivity index (χ2n) is 7.89. The number of nitrogens with one attached hydrogen (secondary N) is 1. The van der Waals surface area contributed by atoms with E-state index in [0.29, 0.717) is 23.7 Å². The zero-order valence-electron chi connectivity index (χ0n) is 17.5. The van der Waals surface area contributed by atoms with Crippen LogP contribution in [0.15, 0.2) is 24.3 Å². The van der Waals surface area contributed by atoms with Crippen molar-refractivity contribution in [1.82, 2.24) is 19.9 Å². The molecule has 0 spiro atoms. The van der Waals surface area contributed by atoms with Crippen LogP contribution in [-0.4, -0.2) is 59.2 Å².